The third-order valence-electron chi connectivity index (χ3n) is 3.87. The zero-order valence-corrected chi connectivity index (χ0v) is 14.8. The summed E-state index contributed by atoms with van der Waals surface area (Å²) in [5, 5.41) is 0. The summed E-state index contributed by atoms with van der Waals surface area (Å²) in [6, 6.07) is 6.92. The first kappa shape index (κ1) is 17.8. The molecule has 0 heterocycles. The van der Waals surface area contributed by atoms with Crippen molar-refractivity contribution >= 4 is 16.0 Å². The second kappa shape index (κ2) is 7.34. The molecule has 0 unspecified atom stereocenters. The van der Waals surface area contributed by atoms with Crippen molar-refractivity contribution in [2.24, 2.45) is 11.8 Å². The van der Waals surface area contributed by atoms with Crippen molar-refractivity contribution in [1.82, 2.24) is 4.90 Å². The van der Waals surface area contributed by atoms with E-state index in [-0.39, 0.29) is 17.6 Å². The molecule has 1 saturated carbocycles. The molecule has 0 radical (unpaired) electrons. The average Bonchev–Trinajstić information content (AvgIpc) is 2.33. The number of amides is 1. The number of benzene rings is 1. The van der Waals surface area contributed by atoms with Gasteiger partial charge in [-0.25, -0.2) is 0 Å². The van der Waals surface area contributed by atoms with Gasteiger partial charge in [0.25, 0.3) is 0 Å². The van der Waals surface area contributed by atoms with Gasteiger partial charge in [-0.15, -0.1) is 0 Å². The molecule has 5 nitrogen and oxygen atoms in total. The Hall–Kier alpha value is -1.56. The van der Waals surface area contributed by atoms with E-state index in [4.69, 9.17) is 4.18 Å². The van der Waals surface area contributed by atoms with Gasteiger partial charge >= 0.3 is 10.1 Å². The number of nitrogens with zero attached hydrogens (tertiary/aromatic N) is 1. The van der Waals surface area contributed by atoms with Crippen molar-refractivity contribution in [3.05, 3.63) is 29.8 Å². The van der Waals surface area contributed by atoms with Gasteiger partial charge in [-0.1, -0.05) is 32.4 Å². The van der Waals surface area contributed by atoms with E-state index in [1.807, 2.05) is 11.0 Å². The summed E-state index contributed by atoms with van der Waals surface area (Å²) < 4.78 is 27.4. The first-order valence-corrected chi connectivity index (χ1v) is 9.83. The first-order valence-electron chi connectivity index (χ1n) is 8.02. The second-order valence-electron chi connectivity index (χ2n) is 6.68. The Morgan fingerprint density at radius 1 is 1.35 bits per heavy atom. The number of carbonyl (C=O) groups is 1. The topological polar surface area (TPSA) is 63.7 Å². The number of hydrogen-bond acceptors (Lipinski definition) is 4. The maximum Gasteiger partial charge on any atom is 0.306 e. The van der Waals surface area contributed by atoms with Crippen LogP contribution in [0.4, 0.5) is 0 Å². The molecule has 1 amide bonds. The maximum atomic E-state index is 12.6. The largest absolute Gasteiger partial charge is 0.383 e. The molecule has 0 bridgehead atoms. The summed E-state index contributed by atoms with van der Waals surface area (Å²) in [5.74, 6) is 1.03. The number of carbonyl (C=O) groups excluding carboxylic acids is 1. The van der Waals surface area contributed by atoms with Gasteiger partial charge in [0.05, 0.1) is 6.26 Å². The highest BCUT2D eigenvalue weighted by Gasteiger charge is 2.29. The van der Waals surface area contributed by atoms with Gasteiger partial charge in [0, 0.05) is 19.0 Å². The fraction of sp³-hybridized carbons (Fsp3) is 0.588. The van der Waals surface area contributed by atoms with Crippen LogP contribution in [0.2, 0.25) is 0 Å². The van der Waals surface area contributed by atoms with E-state index in [2.05, 4.69) is 13.8 Å². The minimum Gasteiger partial charge on any atom is -0.383 e. The molecule has 0 aliphatic heterocycles. The maximum absolute atomic E-state index is 12.6. The van der Waals surface area contributed by atoms with E-state index in [0.717, 1.165) is 31.1 Å². The molecule has 0 N–H and O–H groups in total. The molecule has 6 heteroatoms. The Balaban J connectivity index is 2.12. The van der Waals surface area contributed by atoms with E-state index in [1.54, 1.807) is 18.2 Å². The van der Waals surface area contributed by atoms with Crippen molar-refractivity contribution in [3.63, 3.8) is 0 Å². The third kappa shape index (κ3) is 5.53. The Morgan fingerprint density at radius 3 is 2.57 bits per heavy atom. The van der Waals surface area contributed by atoms with Gasteiger partial charge < -0.3 is 9.08 Å². The minimum atomic E-state index is -3.55. The van der Waals surface area contributed by atoms with Crippen LogP contribution in [0.1, 0.15) is 38.7 Å². The van der Waals surface area contributed by atoms with E-state index in [1.165, 1.54) is 0 Å². The van der Waals surface area contributed by atoms with Gasteiger partial charge in [0.2, 0.25) is 5.91 Å². The van der Waals surface area contributed by atoms with Crippen LogP contribution in [0.25, 0.3) is 0 Å². The van der Waals surface area contributed by atoms with Crippen molar-refractivity contribution in [2.75, 3.05) is 12.8 Å². The minimum absolute atomic E-state index is 0.157. The van der Waals surface area contributed by atoms with Crippen molar-refractivity contribution in [1.29, 1.82) is 0 Å². The van der Waals surface area contributed by atoms with Crippen LogP contribution in [0.3, 0.4) is 0 Å². The lowest BCUT2D eigenvalue weighted by atomic mass is 9.84. The van der Waals surface area contributed by atoms with E-state index in [9.17, 15) is 13.2 Å². The van der Waals surface area contributed by atoms with Crippen LogP contribution in [0.5, 0.6) is 5.75 Å². The number of hydrogen-bond donors (Lipinski definition) is 0. The predicted octanol–water partition coefficient (Wildman–Crippen LogP) is 2.81. The lowest BCUT2D eigenvalue weighted by molar-refractivity contribution is -0.139. The lowest BCUT2D eigenvalue weighted by Crippen LogP contribution is -2.40. The fourth-order valence-corrected chi connectivity index (χ4v) is 3.13. The fourth-order valence-electron chi connectivity index (χ4n) is 2.68. The van der Waals surface area contributed by atoms with Gasteiger partial charge in [-0.3, -0.25) is 4.79 Å². The van der Waals surface area contributed by atoms with E-state index >= 15 is 0 Å². The summed E-state index contributed by atoms with van der Waals surface area (Å²) in [6.07, 6.45) is 4.10. The molecule has 128 valence electrons. The average molecular weight is 339 g/mol. The van der Waals surface area contributed by atoms with E-state index < -0.39 is 10.1 Å². The van der Waals surface area contributed by atoms with Crippen molar-refractivity contribution < 1.29 is 17.4 Å². The summed E-state index contributed by atoms with van der Waals surface area (Å²) in [6.45, 7) is 5.36. The molecule has 0 aromatic heterocycles. The first-order chi connectivity index (χ1) is 10.7. The van der Waals surface area contributed by atoms with Crippen LogP contribution in [-0.4, -0.2) is 32.0 Å². The molecule has 1 aliphatic carbocycles. The Kier molecular flexibility index (Phi) is 5.68. The zero-order valence-electron chi connectivity index (χ0n) is 14.0. The SMILES string of the molecule is CC(C)CN(Cc1cccc(OS(C)(=O)=O)c1)C(=O)C1CCC1. The van der Waals surface area contributed by atoms with Gasteiger partial charge in [-0.05, 0) is 36.5 Å². The third-order valence-corrected chi connectivity index (χ3v) is 4.37. The summed E-state index contributed by atoms with van der Waals surface area (Å²) in [7, 11) is -3.55. The Morgan fingerprint density at radius 2 is 2.04 bits per heavy atom. The van der Waals surface area contributed by atoms with Crippen molar-refractivity contribution in [2.45, 2.75) is 39.7 Å². The molecule has 1 aromatic rings. The summed E-state index contributed by atoms with van der Waals surface area (Å²) in [5.41, 5.74) is 0.875. The summed E-state index contributed by atoms with van der Waals surface area (Å²) in [4.78, 5) is 14.5. The van der Waals surface area contributed by atoms with Crippen LogP contribution >= 0.6 is 0 Å². The molecular weight excluding hydrogens is 314 g/mol. The molecule has 0 saturated heterocycles. The molecular formula is C17H25NO4S. The molecule has 1 fully saturated rings. The molecule has 0 atom stereocenters. The van der Waals surface area contributed by atoms with Crippen molar-refractivity contribution in [3.8, 4) is 5.75 Å². The van der Waals surface area contributed by atoms with E-state index in [0.29, 0.717) is 19.0 Å². The highest BCUT2D eigenvalue weighted by atomic mass is 32.2. The highest BCUT2D eigenvalue weighted by Crippen LogP contribution is 2.29. The zero-order chi connectivity index (χ0) is 17.0. The highest BCUT2D eigenvalue weighted by molar-refractivity contribution is 7.86. The van der Waals surface area contributed by atoms with Crippen LogP contribution in [-0.2, 0) is 21.5 Å². The smallest absolute Gasteiger partial charge is 0.306 e. The molecule has 2 rings (SSSR count). The van der Waals surface area contributed by atoms with Crippen LogP contribution in [0, 0.1) is 11.8 Å². The molecule has 1 aliphatic rings. The van der Waals surface area contributed by atoms with Crippen LogP contribution < -0.4 is 4.18 Å². The quantitative estimate of drug-likeness (QED) is 0.717. The van der Waals surface area contributed by atoms with Crippen LogP contribution in [0.15, 0.2) is 24.3 Å². The normalized spacial score (nSPS) is 15.3. The Bertz CT molecular complexity index is 650. The lowest BCUT2D eigenvalue weighted by Gasteiger charge is -2.32. The van der Waals surface area contributed by atoms with Gasteiger partial charge in [0.15, 0.2) is 0 Å². The summed E-state index contributed by atoms with van der Waals surface area (Å²) >= 11 is 0. The molecule has 1 aromatic carbocycles. The monoisotopic (exact) mass is 339 g/mol. The molecule has 23 heavy (non-hydrogen) atoms. The van der Waals surface area contributed by atoms with Gasteiger partial charge in [-0.2, -0.15) is 8.42 Å². The predicted molar refractivity (Wildman–Crippen MR) is 89.5 cm³/mol. The standard InChI is InChI=1S/C17H25NO4S/c1-13(2)11-18(17(19)15-7-5-8-15)12-14-6-4-9-16(10-14)22-23(3,20)21/h4,6,9-10,13,15H,5,7-8,11-12H2,1-3H3. The number of rotatable bonds is 7. The Labute approximate surface area is 138 Å². The molecule has 0 spiro atoms. The van der Waals surface area contributed by atoms with Gasteiger partial charge in [0.1, 0.15) is 5.75 Å². The second-order valence-corrected chi connectivity index (χ2v) is 8.25.